The molecule has 4 aromatic rings. The van der Waals surface area contributed by atoms with Crippen LogP contribution in [0, 0.1) is 0 Å². The van der Waals surface area contributed by atoms with Gasteiger partial charge in [0.25, 0.3) is 0 Å². The van der Waals surface area contributed by atoms with Gasteiger partial charge in [-0.3, -0.25) is 29.7 Å². The molecule has 0 aliphatic rings. The maximum absolute atomic E-state index is 4.53. The molecular formula is C34H44N6. The van der Waals surface area contributed by atoms with Crippen LogP contribution in [-0.2, 0) is 26.2 Å². The van der Waals surface area contributed by atoms with Crippen molar-refractivity contribution < 1.29 is 0 Å². The van der Waals surface area contributed by atoms with E-state index < -0.39 is 0 Å². The lowest BCUT2D eigenvalue weighted by atomic mass is 10.1. The van der Waals surface area contributed by atoms with E-state index in [1.807, 2.05) is 49.1 Å². The van der Waals surface area contributed by atoms with Crippen LogP contribution in [0.1, 0.15) is 74.1 Å². The average molecular weight is 537 g/mol. The summed E-state index contributed by atoms with van der Waals surface area (Å²) in [6.07, 6.45) is 17.8. The van der Waals surface area contributed by atoms with E-state index in [2.05, 4.69) is 78.3 Å². The van der Waals surface area contributed by atoms with E-state index in [-0.39, 0.29) is 0 Å². The van der Waals surface area contributed by atoms with Crippen LogP contribution >= 0.6 is 0 Å². The van der Waals surface area contributed by atoms with Crippen molar-refractivity contribution in [3.8, 4) is 0 Å². The third kappa shape index (κ3) is 11.7. The molecule has 0 spiro atoms. The maximum atomic E-state index is 4.53. The Hall–Kier alpha value is -3.48. The third-order valence-electron chi connectivity index (χ3n) is 7.15. The number of aromatic nitrogens is 4. The maximum Gasteiger partial charge on any atom is 0.0544 e. The number of unbranched alkanes of at least 4 members (excludes halogenated alkanes) is 7. The van der Waals surface area contributed by atoms with Gasteiger partial charge in [-0.2, -0.15) is 0 Å². The van der Waals surface area contributed by atoms with Gasteiger partial charge in [-0.25, -0.2) is 0 Å². The second-order valence-electron chi connectivity index (χ2n) is 10.5. The van der Waals surface area contributed by atoms with Gasteiger partial charge in [0, 0.05) is 51.0 Å². The Morgan fingerprint density at radius 2 is 0.625 bits per heavy atom. The first-order chi connectivity index (χ1) is 19.8. The van der Waals surface area contributed by atoms with Crippen LogP contribution in [0.2, 0.25) is 0 Å². The molecule has 0 unspecified atom stereocenters. The molecule has 40 heavy (non-hydrogen) atoms. The normalized spacial score (nSPS) is 11.3. The molecule has 4 aromatic heterocycles. The molecule has 0 saturated carbocycles. The highest BCUT2D eigenvalue weighted by atomic mass is 15.1. The monoisotopic (exact) mass is 536 g/mol. The van der Waals surface area contributed by atoms with E-state index in [1.54, 1.807) is 0 Å². The first-order valence-corrected chi connectivity index (χ1v) is 14.9. The van der Waals surface area contributed by atoms with E-state index in [9.17, 15) is 0 Å². The largest absolute Gasteiger partial charge is 0.292 e. The van der Waals surface area contributed by atoms with Crippen LogP contribution < -0.4 is 0 Å². The first-order valence-electron chi connectivity index (χ1n) is 14.9. The lowest BCUT2D eigenvalue weighted by Crippen LogP contribution is -2.25. The summed E-state index contributed by atoms with van der Waals surface area (Å²) in [6.45, 7) is 5.64. The predicted octanol–water partition coefficient (Wildman–Crippen LogP) is 7.09. The van der Waals surface area contributed by atoms with Crippen molar-refractivity contribution >= 4 is 0 Å². The van der Waals surface area contributed by atoms with Crippen LogP contribution in [0.25, 0.3) is 0 Å². The summed E-state index contributed by atoms with van der Waals surface area (Å²) in [5.41, 5.74) is 4.49. The second kappa shape index (κ2) is 18.0. The summed E-state index contributed by atoms with van der Waals surface area (Å²) < 4.78 is 0. The average Bonchev–Trinajstić information content (AvgIpc) is 3.00. The Bertz CT molecular complexity index is 980. The van der Waals surface area contributed by atoms with Gasteiger partial charge in [-0.15, -0.1) is 0 Å². The lowest BCUT2D eigenvalue weighted by molar-refractivity contribution is 0.243. The van der Waals surface area contributed by atoms with E-state index in [1.165, 1.54) is 51.4 Å². The molecule has 0 atom stereocenters. The quantitative estimate of drug-likeness (QED) is 0.119. The highest BCUT2D eigenvalue weighted by molar-refractivity contribution is 5.07. The fraction of sp³-hybridized carbons (Fsp3) is 0.412. The fourth-order valence-electron chi connectivity index (χ4n) is 5.04. The van der Waals surface area contributed by atoms with E-state index >= 15 is 0 Å². The van der Waals surface area contributed by atoms with E-state index in [4.69, 9.17) is 0 Å². The molecular weight excluding hydrogens is 492 g/mol. The minimum absolute atomic E-state index is 0.870. The van der Waals surface area contributed by atoms with Gasteiger partial charge in [-0.05, 0) is 74.5 Å². The highest BCUT2D eigenvalue weighted by Gasteiger charge is 2.10. The molecule has 4 heterocycles. The number of hydrogen-bond donors (Lipinski definition) is 0. The SMILES string of the molecule is c1ccc(CN(CCCCCCCCCCN(Cc2ccccn2)Cc2ccccn2)Cc2ccccn2)nc1. The molecule has 0 N–H and O–H groups in total. The third-order valence-corrected chi connectivity index (χ3v) is 7.15. The molecule has 0 radical (unpaired) electrons. The van der Waals surface area contributed by atoms with Crippen LogP contribution in [-0.4, -0.2) is 42.8 Å². The van der Waals surface area contributed by atoms with E-state index in [0.29, 0.717) is 0 Å². The molecule has 0 aliphatic carbocycles. The highest BCUT2D eigenvalue weighted by Crippen LogP contribution is 2.14. The van der Waals surface area contributed by atoms with Crippen molar-refractivity contribution in [1.82, 2.24) is 29.7 Å². The van der Waals surface area contributed by atoms with E-state index in [0.717, 1.165) is 62.0 Å². The summed E-state index contributed by atoms with van der Waals surface area (Å²) in [7, 11) is 0. The van der Waals surface area contributed by atoms with Crippen molar-refractivity contribution in [2.45, 2.75) is 77.5 Å². The van der Waals surface area contributed by atoms with Crippen molar-refractivity contribution in [2.24, 2.45) is 0 Å². The molecule has 0 aromatic carbocycles. The summed E-state index contributed by atoms with van der Waals surface area (Å²) in [5.74, 6) is 0. The van der Waals surface area contributed by atoms with Crippen LogP contribution in [0.5, 0.6) is 0 Å². The predicted molar refractivity (Wildman–Crippen MR) is 162 cm³/mol. The molecule has 6 heteroatoms. The summed E-state index contributed by atoms with van der Waals surface area (Å²) in [6, 6.07) is 24.6. The van der Waals surface area contributed by atoms with Crippen LogP contribution in [0.15, 0.2) is 97.6 Å². The lowest BCUT2D eigenvalue weighted by Gasteiger charge is -2.22. The smallest absolute Gasteiger partial charge is 0.0544 e. The zero-order valence-corrected chi connectivity index (χ0v) is 23.8. The number of pyridine rings is 4. The Labute approximate surface area is 240 Å². The summed E-state index contributed by atoms with van der Waals surface area (Å²) >= 11 is 0. The second-order valence-corrected chi connectivity index (χ2v) is 10.5. The van der Waals surface area contributed by atoms with Gasteiger partial charge in [0.15, 0.2) is 0 Å². The molecule has 6 nitrogen and oxygen atoms in total. The molecule has 4 rings (SSSR count). The Morgan fingerprint density at radius 3 is 0.875 bits per heavy atom. The Morgan fingerprint density at radius 1 is 0.350 bits per heavy atom. The zero-order valence-electron chi connectivity index (χ0n) is 23.8. The summed E-state index contributed by atoms with van der Waals surface area (Å²) in [4.78, 5) is 23.1. The van der Waals surface area contributed by atoms with Gasteiger partial charge in [0.2, 0.25) is 0 Å². The van der Waals surface area contributed by atoms with Crippen molar-refractivity contribution in [1.29, 1.82) is 0 Å². The molecule has 210 valence electrons. The molecule has 0 aliphatic heterocycles. The van der Waals surface area contributed by atoms with Crippen LogP contribution in [0.3, 0.4) is 0 Å². The fourth-order valence-corrected chi connectivity index (χ4v) is 5.04. The minimum Gasteiger partial charge on any atom is -0.292 e. The molecule has 0 fully saturated rings. The number of nitrogens with zero attached hydrogens (tertiary/aromatic N) is 6. The van der Waals surface area contributed by atoms with Crippen molar-refractivity contribution in [3.05, 3.63) is 120 Å². The van der Waals surface area contributed by atoms with Gasteiger partial charge < -0.3 is 0 Å². The first kappa shape index (κ1) is 29.5. The molecule has 0 amide bonds. The van der Waals surface area contributed by atoms with Crippen LogP contribution in [0.4, 0.5) is 0 Å². The number of rotatable bonds is 19. The Balaban J connectivity index is 1.10. The topological polar surface area (TPSA) is 58.0 Å². The van der Waals surface area contributed by atoms with Crippen molar-refractivity contribution in [2.75, 3.05) is 13.1 Å². The summed E-state index contributed by atoms with van der Waals surface area (Å²) in [5, 5.41) is 0. The van der Waals surface area contributed by atoms with Gasteiger partial charge >= 0.3 is 0 Å². The van der Waals surface area contributed by atoms with Gasteiger partial charge in [0.1, 0.15) is 0 Å². The van der Waals surface area contributed by atoms with Gasteiger partial charge in [-0.1, -0.05) is 62.8 Å². The zero-order chi connectivity index (χ0) is 27.5. The standard InChI is InChI=1S/C34H44N6/c1(3-5-15-25-39(27-31-17-7-11-21-35-31)28-32-18-8-12-22-36-32)2-4-6-16-26-40(29-33-19-9-13-23-37-33)30-34-20-10-14-24-38-34/h7-14,17-24H,1-6,15-16,25-30H2. The van der Waals surface area contributed by atoms with Gasteiger partial charge in [0.05, 0.1) is 22.8 Å². The molecule has 0 saturated heterocycles. The van der Waals surface area contributed by atoms with Crippen molar-refractivity contribution in [3.63, 3.8) is 0 Å². The number of hydrogen-bond acceptors (Lipinski definition) is 6. The molecule has 0 bridgehead atoms. The Kier molecular flexibility index (Phi) is 13.3. The minimum atomic E-state index is 0.870.